The number of hydrogen-bond acceptors (Lipinski definition) is 6. The van der Waals surface area contributed by atoms with Gasteiger partial charge >= 0.3 is 0 Å². The fourth-order valence-electron chi connectivity index (χ4n) is 3.13. The molecule has 156 valence electrons. The molecule has 30 heavy (non-hydrogen) atoms. The van der Waals surface area contributed by atoms with Crippen LogP contribution in [0.4, 0.5) is 5.95 Å². The number of thioether (sulfide) groups is 1. The molecule has 0 saturated carbocycles. The Morgan fingerprint density at radius 1 is 1.20 bits per heavy atom. The van der Waals surface area contributed by atoms with Gasteiger partial charge < -0.3 is 19.8 Å². The smallest absolute Gasteiger partial charge is 0.265 e. The lowest BCUT2D eigenvalue weighted by atomic mass is 10.2. The molecule has 1 unspecified atom stereocenters. The van der Waals surface area contributed by atoms with Crippen molar-refractivity contribution in [1.82, 2.24) is 15.3 Å². The number of fused-ring (bicyclic) bond motifs is 2. The number of H-pyrrole nitrogens is 1. The van der Waals surface area contributed by atoms with E-state index in [0.717, 1.165) is 11.0 Å². The lowest BCUT2D eigenvalue weighted by Gasteiger charge is -2.27. The fourth-order valence-corrected chi connectivity index (χ4v) is 3.61. The molecule has 2 aromatic carbocycles. The van der Waals surface area contributed by atoms with Gasteiger partial charge in [-0.15, -0.1) is 0 Å². The van der Waals surface area contributed by atoms with Gasteiger partial charge in [0.1, 0.15) is 12.6 Å². The molecule has 1 aliphatic rings. The van der Waals surface area contributed by atoms with Gasteiger partial charge in [-0.05, 0) is 42.7 Å². The first kappa shape index (κ1) is 20.1. The average Bonchev–Trinajstić information content (AvgIpc) is 3.18. The Balaban J connectivity index is 1.42. The highest BCUT2D eigenvalue weighted by Gasteiger charge is 2.30. The topological polar surface area (TPSA) is 105 Å². The van der Waals surface area contributed by atoms with E-state index in [1.807, 2.05) is 42.7 Å². The SMILES string of the molecule is CSCC[C@H](NC(=O)C1COc2ccccc2O1)C(=O)Nc1nc2ccccc2[nH]1. The van der Waals surface area contributed by atoms with E-state index in [4.69, 9.17) is 9.47 Å². The van der Waals surface area contributed by atoms with Crippen LogP contribution in [0.25, 0.3) is 11.0 Å². The van der Waals surface area contributed by atoms with Crippen LogP contribution < -0.4 is 20.1 Å². The number of benzene rings is 2. The molecule has 9 heteroatoms. The molecule has 4 rings (SSSR count). The number of carbonyl (C=O) groups is 2. The zero-order valence-corrected chi connectivity index (χ0v) is 17.2. The minimum absolute atomic E-state index is 0.0866. The van der Waals surface area contributed by atoms with Crippen LogP contribution in [0.15, 0.2) is 48.5 Å². The molecule has 1 aliphatic heterocycles. The van der Waals surface area contributed by atoms with E-state index >= 15 is 0 Å². The summed E-state index contributed by atoms with van der Waals surface area (Å²) in [7, 11) is 0. The molecule has 3 aromatic rings. The first-order valence-corrected chi connectivity index (χ1v) is 11.0. The second-order valence-corrected chi connectivity index (χ2v) is 7.78. The van der Waals surface area contributed by atoms with Gasteiger partial charge in [-0.3, -0.25) is 14.9 Å². The van der Waals surface area contributed by atoms with Crippen molar-refractivity contribution < 1.29 is 19.1 Å². The average molecular weight is 426 g/mol. The largest absolute Gasteiger partial charge is 0.485 e. The van der Waals surface area contributed by atoms with Gasteiger partial charge in [-0.2, -0.15) is 11.8 Å². The maximum atomic E-state index is 12.8. The summed E-state index contributed by atoms with van der Waals surface area (Å²) in [6, 6.07) is 13.9. The zero-order chi connectivity index (χ0) is 20.9. The van der Waals surface area contributed by atoms with Crippen LogP contribution in [0.1, 0.15) is 6.42 Å². The number of anilines is 1. The van der Waals surface area contributed by atoms with Crippen molar-refractivity contribution in [3.8, 4) is 11.5 Å². The van der Waals surface area contributed by atoms with E-state index in [1.54, 1.807) is 23.9 Å². The maximum absolute atomic E-state index is 12.8. The second-order valence-electron chi connectivity index (χ2n) is 6.80. The van der Waals surface area contributed by atoms with E-state index in [1.165, 1.54) is 0 Å². The number of carbonyl (C=O) groups excluding carboxylic acids is 2. The molecule has 3 N–H and O–H groups in total. The van der Waals surface area contributed by atoms with Crippen LogP contribution in [-0.2, 0) is 9.59 Å². The van der Waals surface area contributed by atoms with Gasteiger partial charge in [0.15, 0.2) is 11.5 Å². The van der Waals surface area contributed by atoms with Gasteiger partial charge in [0.05, 0.1) is 11.0 Å². The predicted molar refractivity (Wildman–Crippen MR) is 116 cm³/mol. The lowest BCUT2D eigenvalue weighted by molar-refractivity contribution is -0.133. The van der Waals surface area contributed by atoms with Crippen LogP contribution in [-0.4, -0.2) is 52.5 Å². The molecule has 2 atom stereocenters. The number of aromatic amines is 1. The second kappa shape index (κ2) is 9.08. The molecule has 2 heterocycles. The highest BCUT2D eigenvalue weighted by atomic mass is 32.2. The number of aromatic nitrogens is 2. The Bertz CT molecular complexity index is 1020. The van der Waals surface area contributed by atoms with E-state index in [9.17, 15) is 9.59 Å². The summed E-state index contributed by atoms with van der Waals surface area (Å²) in [4.78, 5) is 33.0. The van der Waals surface area contributed by atoms with Gasteiger partial charge in [-0.1, -0.05) is 24.3 Å². The molecule has 0 spiro atoms. The van der Waals surface area contributed by atoms with Crippen molar-refractivity contribution in [2.24, 2.45) is 0 Å². The Labute approximate surface area is 177 Å². The Morgan fingerprint density at radius 3 is 2.77 bits per heavy atom. The van der Waals surface area contributed by atoms with Crippen LogP contribution in [0.2, 0.25) is 0 Å². The predicted octanol–water partition coefficient (Wildman–Crippen LogP) is 2.58. The number of imidazole rings is 1. The van der Waals surface area contributed by atoms with Crippen LogP contribution in [0.3, 0.4) is 0 Å². The van der Waals surface area contributed by atoms with Gasteiger partial charge in [0.25, 0.3) is 5.91 Å². The lowest BCUT2D eigenvalue weighted by Crippen LogP contribution is -2.51. The summed E-state index contributed by atoms with van der Waals surface area (Å²) < 4.78 is 11.3. The van der Waals surface area contributed by atoms with Crippen molar-refractivity contribution in [1.29, 1.82) is 0 Å². The van der Waals surface area contributed by atoms with Crippen LogP contribution >= 0.6 is 11.8 Å². The number of nitrogens with zero attached hydrogens (tertiary/aromatic N) is 1. The van der Waals surface area contributed by atoms with Gasteiger partial charge in [0.2, 0.25) is 18.0 Å². The molecule has 8 nitrogen and oxygen atoms in total. The number of nitrogens with one attached hydrogen (secondary N) is 3. The Kier molecular flexibility index (Phi) is 6.08. The highest BCUT2D eigenvalue weighted by molar-refractivity contribution is 7.98. The first-order valence-electron chi connectivity index (χ1n) is 9.57. The molecular formula is C21H22N4O4S. The summed E-state index contributed by atoms with van der Waals surface area (Å²) in [5.74, 6) is 1.43. The third-order valence-electron chi connectivity index (χ3n) is 4.68. The minimum atomic E-state index is -0.823. The van der Waals surface area contributed by atoms with Crippen LogP contribution in [0, 0.1) is 0 Å². The van der Waals surface area contributed by atoms with Gasteiger partial charge in [0, 0.05) is 0 Å². The van der Waals surface area contributed by atoms with Crippen molar-refractivity contribution >= 4 is 40.6 Å². The van der Waals surface area contributed by atoms with Crippen LogP contribution in [0.5, 0.6) is 11.5 Å². The van der Waals surface area contributed by atoms with E-state index in [2.05, 4.69) is 20.6 Å². The molecule has 1 aromatic heterocycles. The van der Waals surface area contributed by atoms with E-state index in [0.29, 0.717) is 29.6 Å². The first-order chi connectivity index (χ1) is 14.6. The summed E-state index contributed by atoms with van der Waals surface area (Å²) in [6.07, 6.45) is 1.60. The van der Waals surface area contributed by atoms with Crippen molar-refractivity contribution in [2.75, 3.05) is 23.9 Å². The third kappa shape index (κ3) is 4.51. The summed E-state index contributed by atoms with van der Waals surface area (Å²) in [5.41, 5.74) is 1.58. The number of amides is 2. The van der Waals surface area contributed by atoms with Crippen molar-refractivity contribution in [2.45, 2.75) is 18.6 Å². The van der Waals surface area contributed by atoms with Gasteiger partial charge in [-0.25, -0.2) is 4.98 Å². The van der Waals surface area contributed by atoms with E-state index in [-0.39, 0.29) is 12.5 Å². The third-order valence-corrected chi connectivity index (χ3v) is 5.32. The maximum Gasteiger partial charge on any atom is 0.265 e. The number of hydrogen-bond donors (Lipinski definition) is 3. The number of ether oxygens (including phenoxy) is 2. The number of rotatable bonds is 7. The quantitative estimate of drug-likeness (QED) is 0.536. The monoisotopic (exact) mass is 426 g/mol. The van der Waals surface area contributed by atoms with Crippen molar-refractivity contribution in [3.63, 3.8) is 0 Å². The fraction of sp³-hybridized carbons (Fsp3) is 0.286. The Morgan fingerprint density at radius 2 is 1.97 bits per heavy atom. The zero-order valence-electron chi connectivity index (χ0n) is 16.4. The number of para-hydroxylation sites is 4. The summed E-state index contributed by atoms with van der Waals surface area (Å²) >= 11 is 1.60. The molecule has 0 aliphatic carbocycles. The normalized spacial score (nSPS) is 16.1. The molecule has 0 bridgehead atoms. The Hall–Kier alpha value is -3.20. The molecule has 0 saturated heterocycles. The minimum Gasteiger partial charge on any atom is -0.485 e. The summed E-state index contributed by atoms with van der Waals surface area (Å²) in [6.45, 7) is 0.0866. The molecule has 0 radical (unpaired) electrons. The summed E-state index contributed by atoms with van der Waals surface area (Å²) in [5, 5.41) is 5.56. The molecule has 0 fully saturated rings. The highest BCUT2D eigenvalue weighted by Crippen LogP contribution is 2.30. The standard InChI is InChI=1S/C21H22N4O4S/c1-30-11-10-15(19(26)25-21-23-13-6-2-3-7-14(13)24-21)22-20(27)18-12-28-16-8-4-5-9-17(16)29-18/h2-9,15,18H,10-12H2,1H3,(H,22,27)(H2,23,24,25,26)/t15-,18?/m0/s1. The van der Waals surface area contributed by atoms with E-state index < -0.39 is 18.1 Å². The molecule has 2 amide bonds. The van der Waals surface area contributed by atoms with Crippen molar-refractivity contribution in [3.05, 3.63) is 48.5 Å². The molecular weight excluding hydrogens is 404 g/mol.